The normalized spacial score (nSPS) is 12.8. The number of aromatic nitrogens is 2. The van der Waals surface area contributed by atoms with Crippen molar-refractivity contribution in [3.05, 3.63) is 46.2 Å². The van der Waals surface area contributed by atoms with Gasteiger partial charge in [-0.25, -0.2) is 0 Å². The Labute approximate surface area is 124 Å². The molecule has 0 bridgehead atoms. The zero-order valence-corrected chi connectivity index (χ0v) is 13.0. The van der Waals surface area contributed by atoms with Gasteiger partial charge in [0.05, 0.1) is 19.3 Å². The number of aryl methyl sites for hydroxylation is 1. The van der Waals surface area contributed by atoms with E-state index in [9.17, 15) is 0 Å². The molecule has 108 valence electrons. The summed E-state index contributed by atoms with van der Waals surface area (Å²) in [4.78, 5) is 0. The van der Waals surface area contributed by atoms with Gasteiger partial charge in [-0.3, -0.25) is 4.68 Å². The van der Waals surface area contributed by atoms with Crippen molar-refractivity contribution in [2.45, 2.75) is 32.9 Å². The third kappa shape index (κ3) is 2.67. The molecule has 0 fully saturated rings. The van der Waals surface area contributed by atoms with E-state index in [0.29, 0.717) is 10.8 Å². The fourth-order valence-electron chi connectivity index (χ4n) is 2.31. The monoisotopic (exact) mass is 293 g/mol. The lowest BCUT2D eigenvalue weighted by molar-refractivity contribution is 0.401. The molecule has 0 saturated carbocycles. The molecule has 1 aromatic heterocycles. The van der Waals surface area contributed by atoms with Crippen LogP contribution in [0.4, 0.5) is 0 Å². The van der Waals surface area contributed by atoms with Crippen LogP contribution in [-0.4, -0.2) is 16.9 Å². The summed E-state index contributed by atoms with van der Waals surface area (Å²) < 4.78 is 7.29. The zero-order valence-electron chi connectivity index (χ0n) is 12.2. The van der Waals surface area contributed by atoms with Crippen LogP contribution < -0.4 is 10.5 Å². The Bertz CT molecular complexity index is 607. The third-order valence-corrected chi connectivity index (χ3v) is 3.61. The van der Waals surface area contributed by atoms with E-state index in [-0.39, 0.29) is 12.1 Å². The Morgan fingerprint density at radius 2 is 2.05 bits per heavy atom. The van der Waals surface area contributed by atoms with E-state index in [2.05, 4.69) is 18.9 Å². The lowest BCUT2D eigenvalue weighted by atomic mass is 9.99. The maximum Gasteiger partial charge on any atom is 0.161 e. The molecule has 0 aliphatic carbocycles. The van der Waals surface area contributed by atoms with E-state index >= 15 is 0 Å². The summed E-state index contributed by atoms with van der Waals surface area (Å²) in [5.74, 6) is 0.700. The van der Waals surface area contributed by atoms with Gasteiger partial charge in [0.25, 0.3) is 0 Å². The van der Waals surface area contributed by atoms with Gasteiger partial charge < -0.3 is 10.5 Å². The van der Waals surface area contributed by atoms with Crippen LogP contribution in [0.25, 0.3) is 0 Å². The number of nitrogens with two attached hydrogens (primary N) is 1. The summed E-state index contributed by atoms with van der Waals surface area (Å²) in [6, 6.07) is 5.62. The second-order valence-electron chi connectivity index (χ2n) is 5.12. The average Bonchev–Trinajstić information content (AvgIpc) is 2.84. The van der Waals surface area contributed by atoms with Gasteiger partial charge in [0.15, 0.2) is 5.75 Å². The van der Waals surface area contributed by atoms with E-state index in [1.165, 1.54) is 0 Å². The molecule has 0 aliphatic heterocycles. The van der Waals surface area contributed by atoms with Crippen molar-refractivity contribution >= 4 is 11.6 Å². The molecule has 4 nitrogen and oxygen atoms in total. The van der Waals surface area contributed by atoms with Gasteiger partial charge in [0.2, 0.25) is 0 Å². The van der Waals surface area contributed by atoms with E-state index in [4.69, 9.17) is 22.1 Å². The number of nitrogens with zero attached hydrogens (tertiary/aromatic N) is 2. The van der Waals surface area contributed by atoms with Crippen molar-refractivity contribution in [2.24, 2.45) is 5.73 Å². The highest BCUT2D eigenvalue weighted by atomic mass is 35.5. The SMILES string of the molecule is COc1cnn(C(C)C)c1C(N)c1cc(Cl)ccc1C. The van der Waals surface area contributed by atoms with Gasteiger partial charge in [-0.05, 0) is 44.0 Å². The van der Waals surface area contributed by atoms with Crippen LogP contribution in [-0.2, 0) is 0 Å². The largest absolute Gasteiger partial charge is 0.493 e. The van der Waals surface area contributed by atoms with Crippen molar-refractivity contribution < 1.29 is 4.74 Å². The van der Waals surface area contributed by atoms with E-state index < -0.39 is 0 Å². The Balaban J connectivity index is 2.55. The van der Waals surface area contributed by atoms with Gasteiger partial charge in [0, 0.05) is 11.1 Å². The first-order valence-corrected chi connectivity index (χ1v) is 6.96. The van der Waals surface area contributed by atoms with Gasteiger partial charge in [-0.2, -0.15) is 5.10 Å². The third-order valence-electron chi connectivity index (χ3n) is 3.38. The lowest BCUT2D eigenvalue weighted by Gasteiger charge is -2.20. The molecule has 0 radical (unpaired) electrons. The van der Waals surface area contributed by atoms with Crippen molar-refractivity contribution in [1.82, 2.24) is 9.78 Å². The smallest absolute Gasteiger partial charge is 0.161 e. The van der Waals surface area contributed by atoms with E-state index in [0.717, 1.165) is 16.8 Å². The summed E-state index contributed by atoms with van der Waals surface area (Å²) in [5.41, 5.74) is 9.40. The maximum absolute atomic E-state index is 6.45. The molecule has 2 N–H and O–H groups in total. The van der Waals surface area contributed by atoms with Crippen LogP contribution in [0, 0.1) is 6.92 Å². The van der Waals surface area contributed by atoms with E-state index in [1.54, 1.807) is 13.3 Å². The minimum absolute atomic E-state index is 0.208. The summed E-state index contributed by atoms with van der Waals surface area (Å²) in [5, 5.41) is 5.04. The number of hydrogen-bond acceptors (Lipinski definition) is 3. The predicted molar refractivity (Wildman–Crippen MR) is 81.4 cm³/mol. The topological polar surface area (TPSA) is 53.1 Å². The molecule has 20 heavy (non-hydrogen) atoms. The molecule has 1 aromatic carbocycles. The highest BCUT2D eigenvalue weighted by molar-refractivity contribution is 6.30. The summed E-state index contributed by atoms with van der Waals surface area (Å²) in [6.07, 6.45) is 1.70. The number of ether oxygens (including phenoxy) is 1. The molecule has 5 heteroatoms. The number of benzene rings is 1. The van der Waals surface area contributed by atoms with Crippen LogP contribution in [0.1, 0.15) is 42.8 Å². The Morgan fingerprint density at radius 1 is 1.35 bits per heavy atom. The number of rotatable bonds is 4. The van der Waals surface area contributed by atoms with Crippen molar-refractivity contribution in [3.8, 4) is 5.75 Å². The van der Waals surface area contributed by atoms with Crippen molar-refractivity contribution in [1.29, 1.82) is 0 Å². The molecule has 2 aromatic rings. The number of halogens is 1. The molecule has 0 amide bonds. The average molecular weight is 294 g/mol. The number of hydrogen-bond donors (Lipinski definition) is 1. The molecular formula is C15H20ClN3O. The predicted octanol–water partition coefficient (Wildman–Crippen LogP) is 3.48. The minimum atomic E-state index is -0.325. The fourth-order valence-corrected chi connectivity index (χ4v) is 2.49. The van der Waals surface area contributed by atoms with Crippen LogP contribution >= 0.6 is 11.6 Å². The van der Waals surface area contributed by atoms with Gasteiger partial charge in [0.1, 0.15) is 5.69 Å². The Hall–Kier alpha value is -1.52. The first-order valence-electron chi connectivity index (χ1n) is 6.58. The number of methoxy groups -OCH3 is 1. The second kappa shape index (κ2) is 5.85. The molecular weight excluding hydrogens is 274 g/mol. The summed E-state index contributed by atoms with van der Waals surface area (Å²) >= 11 is 6.09. The molecule has 1 atom stereocenters. The molecule has 0 saturated heterocycles. The first-order chi connectivity index (χ1) is 9.45. The quantitative estimate of drug-likeness (QED) is 0.939. The zero-order chi connectivity index (χ0) is 14.9. The fraction of sp³-hybridized carbons (Fsp3) is 0.400. The minimum Gasteiger partial charge on any atom is -0.493 e. The van der Waals surface area contributed by atoms with Gasteiger partial charge >= 0.3 is 0 Å². The van der Waals surface area contributed by atoms with Gasteiger partial charge in [-0.1, -0.05) is 17.7 Å². The van der Waals surface area contributed by atoms with Crippen molar-refractivity contribution in [2.75, 3.05) is 7.11 Å². The highest BCUT2D eigenvalue weighted by Crippen LogP contribution is 2.32. The van der Waals surface area contributed by atoms with Crippen LogP contribution in [0.5, 0.6) is 5.75 Å². The van der Waals surface area contributed by atoms with Crippen LogP contribution in [0.2, 0.25) is 5.02 Å². The molecule has 2 rings (SSSR count). The molecule has 0 spiro atoms. The van der Waals surface area contributed by atoms with Gasteiger partial charge in [-0.15, -0.1) is 0 Å². The van der Waals surface area contributed by atoms with Crippen molar-refractivity contribution in [3.63, 3.8) is 0 Å². The Kier molecular flexibility index (Phi) is 4.35. The molecule has 1 unspecified atom stereocenters. The Morgan fingerprint density at radius 3 is 2.65 bits per heavy atom. The first kappa shape index (κ1) is 14.9. The summed E-state index contributed by atoms with van der Waals surface area (Å²) in [7, 11) is 1.63. The molecule has 0 aliphatic rings. The van der Waals surface area contributed by atoms with Crippen LogP contribution in [0.15, 0.2) is 24.4 Å². The summed E-state index contributed by atoms with van der Waals surface area (Å²) in [6.45, 7) is 6.15. The maximum atomic E-state index is 6.45. The molecule has 1 heterocycles. The van der Waals surface area contributed by atoms with Crippen LogP contribution in [0.3, 0.4) is 0 Å². The standard InChI is InChI=1S/C15H20ClN3O/c1-9(2)19-15(13(20-4)8-18-19)14(17)12-7-11(16)6-5-10(12)3/h5-9,14H,17H2,1-4H3. The highest BCUT2D eigenvalue weighted by Gasteiger charge is 2.23. The lowest BCUT2D eigenvalue weighted by Crippen LogP contribution is -2.20. The van der Waals surface area contributed by atoms with E-state index in [1.807, 2.05) is 29.8 Å². The second-order valence-corrected chi connectivity index (χ2v) is 5.55.